The van der Waals surface area contributed by atoms with Gasteiger partial charge < -0.3 is 4.74 Å². The van der Waals surface area contributed by atoms with Crippen molar-refractivity contribution in [3.05, 3.63) is 10.4 Å². The lowest BCUT2D eigenvalue weighted by atomic mass is 9.76. The Bertz CT molecular complexity index is 441. The van der Waals surface area contributed by atoms with E-state index in [4.69, 9.17) is 10.3 Å². The van der Waals surface area contributed by atoms with Crippen molar-refractivity contribution in [3.63, 3.8) is 0 Å². The predicted molar refractivity (Wildman–Crippen MR) is 69.3 cm³/mol. The number of nitrogens with zero attached hydrogens (tertiary/aromatic N) is 4. The van der Waals surface area contributed by atoms with Gasteiger partial charge in [0.1, 0.15) is 11.6 Å². The molecule has 106 valence electrons. The van der Waals surface area contributed by atoms with E-state index >= 15 is 0 Å². The normalized spacial score (nSPS) is 23.5. The highest BCUT2D eigenvalue weighted by atomic mass is 16.6. The molecule has 1 aliphatic rings. The van der Waals surface area contributed by atoms with Crippen LogP contribution in [0.25, 0.3) is 10.4 Å². The Balaban J connectivity index is 2.98. The number of ether oxygens (including phenoxy) is 1. The van der Waals surface area contributed by atoms with Crippen molar-refractivity contribution in [2.45, 2.75) is 59.2 Å². The molecule has 0 saturated carbocycles. The average Bonchev–Trinajstić information content (AvgIpc) is 2.17. The number of likely N-dealkylation sites (tertiary alicyclic amines) is 1. The maximum absolute atomic E-state index is 12.0. The van der Waals surface area contributed by atoms with Crippen LogP contribution in [0.2, 0.25) is 0 Å². The van der Waals surface area contributed by atoms with E-state index in [1.54, 1.807) is 20.8 Å². The summed E-state index contributed by atoms with van der Waals surface area (Å²) < 4.78 is 5.20. The van der Waals surface area contributed by atoms with Crippen molar-refractivity contribution in [1.82, 2.24) is 4.90 Å². The zero-order valence-electron chi connectivity index (χ0n) is 12.2. The first kappa shape index (κ1) is 15.3. The Morgan fingerprint density at radius 1 is 1.32 bits per heavy atom. The Morgan fingerprint density at radius 2 is 1.84 bits per heavy atom. The van der Waals surface area contributed by atoms with Gasteiger partial charge in [-0.1, -0.05) is 25.9 Å². The minimum absolute atomic E-state index is 0.385. The molecule has 0 aromatic carbocycles. The van der Waals surface area contributed by atoms with Gasteiger partial charge in [-0.2, -0.15) is 0 Å². The molecule has 7 nitrogen and oxygen atoms in total. The van der Waals surface area contributed by atoms with E-state index in [2.05, 4.69) is 10.0 Å². The summed E-state index contributed by atoms with van der Waals surface area (Å²) >= 11 is 0. The summed E-state index contributed by atoms with van der Waals surface area (Å²) in [4.78, 5) is 27.6. The van der Waals surface area contributed by atoms with Gasteiger partial charge in [-0.3, -0.25) is 4.79 Å². The van der Waals surface area contributed by atoms with Gasteiger partial charge in [0, 0.05) is 4.91 Å². The fourth-order valence-corrected chi connectivity index (χ4v) is 2.02. The van der Waals surface area contributed by atoms with Crippen LogP contribution in [0.3, 0.4) is 0 Å². The molecule has 7 heteroatoms. The number of rotatable bonds is 1. The van der Waals surface area contributed by atoms with Crippen molar-refractivity contribution in [3.8, 4) is 0 Å². The van der Waals surface area contributed by atoms with E-state index in [0.29, 0.717) is 0 Å². The lowest BCUT2D eigenvalue weighted by Crippen LogP contribution is -2.70. The van der Waals surface area contributed by atoms with Gasteiger partial charge in [-0.25, -0.2) is 9.69 Å². The molecule has 1 saturated heterocycles. The second kappa shape index (κ2) is 4.74. The number of amides is 2. The smallest absolute Gasteiger partial charge is 0.417 e. The Kier molecular flexibility index (Phi) is 3.82. The number of hydrogen-bond donors (Lipinski definition) is 0. The van der Waals surface area contributed by atoms with Crippen LogP contribution in [0.4, 0.5) is 4.79 Å². The highest BCUT2D eigenvalue weighted by Crippen LogP contribution is 2.37. The van der Waals surface area contributed by atoms with Gasteiger partial charge in [0.25, 0.3) is 0 Å². The van der Waals surface area contributed by atoms with Crippen LogP contribution < -0.4 is 0 Å². The van der Waals surface area contributed by atoms with E-state index in [1.165, 1.54) is 0 Å². The van der Waals surface area contributed by atoms with Crippen LogP contribution in [-0.4, -0.2) is 34.6 Å². The fraction of sp³-hybridized carbons (Fsp3) is 0.833. The van der Waals surface area contributed by atoms with E-state index in [9.17, 15) is 9.59 Å². The molecule has 1 aliphatic heterocycles. The number of hydrogen-bond acceptors (Lipinski definition) is 4. The number of carbonyl (C=O) groups excluding carboxylic acids is 2. The van der Waals surface area contributed by atoms with Crippen molar-refractivity contribution < 1.29 is 14.3 Å². The van der Waals surface area contributed by atoms with Gasteiger partial charge in [0.15, 0.2) is 0 Å². The highest BCUT2D eigenvalue weighted by molar-refractivity contribution is 6.02. The molecule has 0 N–H and O–H groups in total. The molecule has 0 aromatic rings. The molecule has 0 spiro atoms. The first-order valence-electron chi connectivity index (χ1n) is 6.09. The number of carbonyl (C=O) groups is 2. The monoisotopic (exact) mass is 268 g/mol. The second-order valence-electron chi connectivity index (χ2n) is 6.65. The van der Waals surface area contributed by atoms with Gasteiger partial charge in [-0.15, -0.1) is 0 Å². The lowest BCUT2D eigenvalue weighted by molar-refractivity contribution is -0.153. The Morgan fingerprint density at radius 3 is 2.21 bits per heavy atom. The second-order valence-corrected chi connectivity index (χ2v) is 6.65. The first-order valence-corrected chi connectivity index (χ1v) is 6.09. The minimum atomic E-state index is -0.836. The maximum atomic E-state index is 12.0. The molecule has 0 bridgehead atoms. The molecule has 2 amide bonds. The molecule has 2 atom stereocenters. The van der Waals surface area contributed by atoms with Crippen LogP contribution in [0, 0.1) is 5.41 Å². The Labute approximate surface area is 112 Å². The third kappa shape index (κ3) is 3.17. The largest absolute Gasteiger partial charge is 0.443 e. The molecule has 0 unspecified atom stereocenters. The van der Waals surface area contributed by atoms with Crippen molar-refractivity contribution in [2.24, 2.45) is 10.5 Å². The van der Waals surface area contributed by atoms with Gasteiger partial charge in [0.2, 0.25) is 5.91 Å². The summed E-state index contributed by atoms with van der Waals surface area (Å²) in [5, 5.41) is 3.47. The quantitative estimate of drug-likeness (QED) is 0.316. The van der Waals surface area contributed by atoms with Crippen LogP contribution in [0.5, 0.6) is 0 Å². The van der Waals surface area contributed by atoms with Gasteiger partial charge in [0.05, 0.1) is 6.04 Å². The maximum Gasteiger partial charge on any atom is 0.417 e. The molecule has 0 aromatic heterocycles. The fourth-order valence-electron chi connectivity index (χ4n) is 2.02. The molecule has 1 heterocycles. The van der Waals surface area contributed by atoms with E-state index in [1.807, 2.05) is 20.8 Å². The summed E-state index contributed by atoms with van der Waals surface area (Å²) in [5.74, 6) is -0.507. The third-order valence-corrected chi connectivity index (χ3v) is 2.72. The Hall–Kier alpha value is -1.75. The van der Waals surface area contributed by atoms with Crippen LogP contribution in [-0.2, 0) is 9.53 Å². The molecule has 1 rings (SSSR count). The molecule has 19 heavy (non-hydrogen) atoms. The predicted octanol–water partition coefficient (Wildman–Crippen LogP) is 2.86. The third-order valence-electron chi connectivity index (χ3n) is 2.72. The summed E-state index contributed by atoms with van der Waals surface area (Å²) in [5.41, 5.74) is 7.42. The van der Waals surface area contributed by atoms with Crippen LogP contribution >= 0.6 is 0 Å². The van der Waals surface area contributed by atoms with Gasteiger partial charge >= 0.3 is 6.09 Å². The number of β-lactam (4-membered cyclic amide) rings is 1. The van der Waals surface area contributed by atoms with E-state index < -0.39 is 29.7 Å². The standard InChI is InChI=1S/C12H20N4O3/c1-11(2,3)8-7(14-15-13)9(17)16(8)10(18)19-12(4,5)6/h7-8H,1-6H3/t7-,8+/m1/s1. The molecular formula is C12H20N4O3. The number of imide groups is 1. The highest BCUT2D eigenvalue weighted by Gasteiger charge is 2.56. The average molecular weight is 268 g/mol. The summed E-state index contributed by atoms with van der Waals surface area (Å²) in [7, 11) is 0. The minimum Gasteiger partial charge on any atom is -0.443 e. The van der Waals surface area contributed by atoms with E-state index in [0.717, 1.165) is 4.90 Å². The topological polar surface area (TPSA) is 95.4 Å². The first-order chi connectivity index (χ1) is 8.49. The van der Waals surface area contributed by atoms with Crippen LogP contribution in [0.1, 0.15) is 41.5 Å². The zero-order valence-corrected chi connectivity index (χ0v) is 12.2. The van der Waals surface area contributed by atoms with E-state index in [-0.39, 0.29) is 5.41 Å². The lowest BCUT2D eigenvalue weighted by Gasteiger charge is -2.49. The van der Waals surface area contributed by atoms with Gasteiger partial charge in [-0.05, 0) is 31.7 Å². The van der Waals surface area contributed by atoms with Crippen molar-refractivity contribution in [2.75, 3.05) is 0 Å². The zero-order chi connectivity index (χ0) is 15.0. The van der Waals surface area contributed by atoms with Crippen molar-refractivity contribution >= 4 is 12.0 Å². The molecular weight excluding hydrogens is 248 g/mol. The summed E-state index contributed by atoms with van der Waals surface area (Å²) in [6.07, 6.45) is -0.693. The summed E-state index contributed by atoms with van der Waals surface area (Å²) in [6, 6.07) is -1.32. The molecule has 1 fully saturated rings. The van der Waals surface area contributed by atoms with Crippen LogP contribution in [0.15, 0.2) is 5.11 Å². The molecule has 0 aliphatic carbocycles. The van der Waals surface area contributed by atoms with Crippen molar-refractivity contribution in [1.29, 1.82) is 0 Å². The number of azide groups is 1. The molecule has 0 radical (unpaired) electrons. The summed E-state index contributed by atoms with van der Waals surface area (Å²) in [6.45, 7) is 10.8. The SMILES string of the molecule is CC(C)(C)OC(=O)N1C(=O)[C@H](N=[N+]=[N-])[C@H]1C(C)(C)C.